The van der Waals surface area contributed by atoms with E-state index in [9.17, 15) is 22.8 Å². The van der Waals surface area contributed by atoms with Crippen LogP contribution in [0.4, 0.5) is 23.7 Å². The fourth-order valence-corrected chi connectivity index (χ4v) is 3.98. The summed E-state index contributed by atoms with van der Waals surface area (Å²) in [6.45, 7) is 0. The number of carbonyl (C=O) groups excluding carboxylic acids is 2. The summed E-state index contributed by atoms with van der Waals surface area (Å²) in [5.74, 6) is -0.242. The number of nitrogens with zero attached hydrogens (tertiary/aromatic N) is 2. The zero-order chi connectivity index (χ0) is 15.6. The minimum Gasteiger partial charge on any atom is -0.309 e. The molecule has 3 amide bonds. The van der Waals surface area contributed by atoms with E-state index in [2.05, 4.69) is 0 Å². The molecular formula is C15H13F3N2O2. The van der Waals surface area contributed by atoms with Gasteiger partial charge < -0.3 is 4.90 Å². The highest BCUT2D eigenvalue weighted by molar-refractivity contribution is 6.22. The number of piperidine rings is 1. The van der Waals surface area contributed by atoms with Crippen molar-refractivity contribution in [1.29, 1.82) is 0 Å². The van der Waals surface area contributed by atoms with Crippen LogP contribution in [0.1, 0.15) is 24.8 Å². The Morgan fingerprint density at radius 3 is 2.59 bits per heavy atom. The highest BCUT2D eigenvalue weighted by atomic mass is 19.4. The maximum atomic E-state index is 12.8. The number of hydrogen-bond donors (Lipinski definition) is 0. The molecule has 2 saturated heterocycles. The molecule has 3 aliphatic rings. The number of amides is 3. The Labute approximate surface area is 124 Å². The molecular weight excluding hydrogens is 297 g/mol. The average molecular weight is 310 g/mol. The molecule has 2 bridgehead atoms. The summed E-state index contributed by atoms with van der Waals surface area (Å²) in [6.07, 6.45) is -1.90. The fourth-order valence-electron chi connectivity index (χ4n) is 3.98. The van der Waals surface area contributed by atoms with Crippen LogP contribution >= 0.6 is 0 Å². The van der Waals surface area contributed by atoms with Gasteiger partial charge in [0.05, 0.1) is 11.3 Å². The van der Waals surface area contributed by atoms with E-state index >= 15 is 0 Å². The molecule has 4 nitrogen and oxygen atoms in total. The molecule has 1 saturated carbocycles. The molecule has 3 fully saturated rings. The lowest BCUT2D eigenvalue weighted by Crippen LogP contribution is -2.40. The Bertz CT molecular complexity index is 645. The number of carbonyl (C=O) groups is 2. The molecule has 22 heavy (non-hydrogen) atoms. The van der Waals surface area contributed by atoms with Gasteiger partial charge in [0, 0.05) is 6.04 Å². The smallest absolute Gasteiger partial charge is 0.309 e. The van der Waals surface area contributed by atoms with Crippen LogP contribution in [0.2, 0.25) is 0 Å². The van der Waals surface area contributed by atoms with Crippen LogP contribution in [-0.4, -0.2) is 28.9 Å². The quantitative estimate of drug-likeness (QED) is 0.748. The van der Waals surface area contributed by atoms with Crippen LogP contribution < -0.4 is 4.90 Å². The molecule has 1 aromatic carbocycles. The van der Waals surface area contributed by atoms with Gasteiger partial charge in [-0.1, -0.05) is 6.07 Å². The lowest BCUT2D eigenvalue weighted by Gasteiger charge is -2.25. The predicted octanol–water partition coefficient (Wildman–Crippen LogP) is 3.02. The number of halogens is 3. The van der Waals surface area contributed by atoms with Crippen LogP contribution in [-0.2, 0) is 11.0 Å². The highest BCUT2D eigenvalue weighted by Gasteiger charge is 2.59. The van der Waals surface area contributed by atoms with Gasteiger partial charge in [-0.2, -0.15) is 13.2 Å². The van der Waals surface area contributed by atoms with E-state index in [-0.39, 0.29) is 17.6 Å². The molecule has 3 atom stereocenters. The summed E-state index contributed by atoms with van der Waals surface area (Å²) < 4.78 is 38.4. The zero-order valence-corrected chi connectivity index (χ0v) is 11.5. The third-order valence-corrected chi connectivity index (χ3v) is 4.90. The van der Waals surface area contributed by atoms with Crippen molar-refractivity contribution in [3.05, 3.63) is 29.8 Å². The second-order valence-corrected chi connectivity index (χ2v) is 6.08. The van der Waals surface area contributed by atoms with Gasteiger partial charge in [0.1, 0.15) is 6.04 Å². The van der Waals surface area contributed by atoms with E-state index in [1.54, 1.807) is 4.90 Å². The van der Waals surface area contributed by atoms with E-state index < -0.39 is 29.7 Å². The van der Waals surface area contributed by atoms with Crippen LogP contribution in [0.5, 0.6) is 0 Å². The van der Waals surface area contributed by atoms with E-state index in [4.69, 9.17) is 0 Å². The molecule has 2 heterocycles. The Morgan fingerprint density at radius 1 is 1.14 bits per heavy atom. The number of anilines is 1. The Kier molecular flexibility index (Phi) is 2.62. The summed E-state index contributed by atoms with van der Waals surface area (Å²) in [6, 6.07) is 3.47. The third kappa shape index (κ3) is 1.71. The van der Waals surface area contributed by atoms with Crippen molar-refractivity contribution in [2.75, 3.05) is 4.90 Å². The lowest BCUT2D eigenvalue weighted by molar-refractivity contribution is -0.137. The van der Waals surface area contributed by atoms with Crippen molar-refractivity contribution in [2.45, 2.75) is 37.5 Å². The fraction of sp³-hybridized carbons (Fsp3) is 0.467. The topological polar surface area (TPSA) is 40.6 Å². The second kappa shape index (κ2) is 4.24. The summed E-state index contributed by atoms with van der Waals surface area (Å²) in [5, 5.41) is 0. The Hall–Kier alpha value is -2.05. The minimum atomic E-state index is -4.50. The number of imide groups is 1. The summed E-state index contributed by atoms with van der Waals surface area (Å²) in [7, 11) is 0. The summed E-state index contributed by atoms with van der Waals surface area (Å²) in [5.41, 5.74) is -0.862. The molecule has 1 aliphatic carbocycles. The first-order chi connectivity index (χ1) is 10.4. The largest absolute Gasteiger partial charge is 0.416 e. The van der Waals surface area contributed by atoms with E-state index in [0.717, 1.165) is 36.3 Å². The summed E-state index contributed by atoms with van der Waals surface area (Å²) >= 11 is 0. The third-order valence-electron chi connectivity index (χ3n) is 4.90. The minimum absolute atomic E-state index is 0.00127. The van der Waals surface area contributed by atoms with Crippen LogP contribution in [0.25, 0.3) is 0 Å². The molecule has 0 N–H and O–H groups in total. The number of benzene rings is 1. The van der Waals surface area contributed by atoms with Crippen LogP contribution in [0.3, 0.4) is 0 Å². The maximum absolute atomic E-state index is 12.8. The van der Waals surface area contributed by atoms with Crippen molar-refractivity contribution in [2.24, 2.45) is 5.92 Å². The molecule has 116 valence electrons. The number of alkyl halides is 3. The van der Waals surface area contributed by atoms with Gasteiger partial charge in [-0.05, 0) is 43.4 Å². The molecule has 1 aromatic rings. The van der Waals surface area contributed by atoms with Gasteiger partial charge in [0.15, 0.2) is 0 Å². The Balaban J connectivity index is 1.72. The van der Waals surface area contributed by atoms with Gasteiger partial charge in [-0.3, -0.25) is 4.79 Å². The molecule has 7 heteroatoms. The first-order valence-corrected chi connectivity index (χ1v) is 7.21. The standard InChI is InChI=1S/C15H13F3N2O2/c16-15(17,18)9-2-1-3-10(7-9)20-13(21)12-8-4-5-11(6-8)19(12)14(20)22/h1-3,7-8,11-12H,4-6H2. The van der Waals surface area contributed by atoms with Crippen molar-refractivity contribution in [3.63, 3.8) is 0 Å². The Morgan fingerprint density at radius 2 is 1.91 bits per heavy atom. The van der Waals surface area contributed by atoms with Crippen molar-refractivity contribution in [3.8, 4) is 0 Å². The SMILES string of the molecule is O=C1C2C3CCC(C3)N2C(=O)N1c1cccc(C(F)(F)F)c1. The number of fused-ring (bicyclic) bond motifs is 5. The normalized spacial score (nSPS) is 30.4. The second-order valence-electron chi connectivity index (χ2n) is 6.08. The average Bonchev–Trinajstić information content (AvgIpc) is 3.12. The van der Waals surface area contributed by atoms with Crippen molar-refractivity contribution >= 4 is 17.6 Å². The molecule has 3 unspecified atom stereocenters. The number of urea groups is 1. The van der Waals surface area contributed by atoms with Crippen LogP contribution in [0, 0.1) is 5.92 Å². The monoisotopic (exact) mass is 310 g/mol. The molecule has 2 aliphatic heterocycles. The van der Waals surface area contributed by atoms with E-state index in [0.29, 0.717) is 0 Å². The highest BCUT2D eigenvalue weighted by Crippen LogP contribution is 2.47. The van der Waals surface area contributed by atoms with E-state index in [1.165, 1.54) is 12.1 Å². The van der Waals surface area contributed by atoms with Crippen LogP contribution in [0.15, 0.2) is 24.3 Å². The van der Waals surface area contributed by atoms with E-state index in [1.807, 2.05) is 0 Å². The van der Waals surface area contributed by atoms with Crippen molar-refractivity contribution < 1.29 is 22.8 Å². The predicted molar refractivity (Wildman–Crippen MR) is 71.1 cm³/mol. The van der Waals surface area contributed by atoms with Gasteiger partial charge >= 0.3 is 12.2 Å². The molecule has 0 radical (unpaired) electrons. The molecule has 0 spiro atoms. The molecule has 0 aromatic heterocycles. The first-order valence-electron chi connectivity index (χ1n) is 7.21. The maximum Gasteiger partial charge on any atom is 0.416 e. The van der Waals surface area contributed by atoms with Crippen molar-refractivity contribution in [1.82, 2.24) is 4.90 Å². The number of rotatable bonds is 1. The molecule has 4 rings (SSSR count). The zero-order valence-electron chi connectivity index (χ0n) is 11.5. The van der Waals surface area contributed by atoms with Gasteiger partial charge in [0.2, 0.25) is 0 Å². The van der Waals surface area contributed by atoms with Gasteiger partial charge in [-0.15, -0.1) is 0 Å². The lowest BCUT2D eigenvalue weighted by atomic mass is 9.99. The number of hydrogen-bond acceptors (Lipinski definition) is 2. The summed E-state index contributed by atoms with van der Waals surface area (Å²) in [4.78, 5) is 27.5. The van der Waals surface area contributed by atoms with Gasteiger partial charge in [0.25, 0.3) is 5.91 Å². The van der Waals surface area contributed by atoms with Gasteiger partial charge in [-0.25, -0.2) is 9.69 Å². The first kappa shape index (κ1) is 13.6.